The summed E-state index contributed by atoms with van der Waals surface area (Å²) in [6.07, 6.45) is 6.58. The molecule has 0 heterocycles. The SMILES string of the molecule is CC1=CCC2(CC1)C(C)C2(C)C. The minimum atomic E-state index is 0.615. The Morgan fingerprint density at radius 1 is 1.42 bits per heavy atom. The minimum Gasteiger partial charge on any atom is -0.0850 e. The van der Waals surface area contributed by atoms with Gasteiger partial charge in [-0.2, -0.15) is 0 Å². The summed E-state index contributed by atoms with van der Waals surface area (Å²) in [6.45, 7) is 9.57. The molecule has 1 spiro atoms. The van der Waals surface area contributed by atoms with Crippen LogP contribution >= 0.6 is 0 Å². The van der Waals surface area contributed by atoms with Crippen LogP contribution in [-0.4, -0.2) is 0 Å². The van der Waals surface area contributed by atoms with Crippen LogP contribution in [0.15, 0.2) is 11.6 Å². The summed E-state index contributed by atoms with van der Waals surface area (Å²) in [7, 11) is 0. The number of hydrogen-bond donors (Lipinski definition) is 0. The standard InChI is InChI=1S/C12H20/c1-9-5-7-12(8-6-9)10(2)11(12,3)4/h5,10H,6-8H2,1-4H3. The molecule has 1 saturated carbocycles. The van der Waals surface area contributed by atoms with Crippen LogP contribution in [0.5, 0.6) is 0 Å². The van der Waals surface area contributed by atoms with Gasteiger partial charge in [-0.05, 0) is 42.9 Å². The predicted octanol–water partition coefficient (Wildman–Crippen LogP) is 3.78. The van der Waals surface area contributed by atoms with Gasteiger partial charge in [0.05, 0.1) is 0 Å². The monoisotopic (exact) mass is 164 g/mol. The summed E-state index contributed by atoms with van der Waals surface area (Å²) in [4.78, 5) is 0. The smallest absolute Gasteiger partial charge is 0.0175 e. The average molecular weight is 164 g/mol. The Morgan fingerprint density at radius 2 is 2.00 bits per heavy atom. The third-order valence-corrected chi connectivity index (χ3v) is 4.89. The second kappa shape index (κ2) is 2.16. The molecule has 2 rings (SSSR count). The molecule has 2 aliphatic rings. The van der Waals surface area contributed by atoms with Crippen molar-refractivity contribution in [2.24, 2.45) is 16.7 Å². The van der Waals surface area contributed by atoms with Crippen LogP contribution in [0.1, 0.15) is 47.0 Å². The highest BCUT2D eigenvalue weighted by Gasteiger charge is 2.66. The number of hydrogen-bond acceptors (Lipinski definition) is 0. The van der Waals surface area contributed by atoms with E-state index in [0.717, 1.165) is 5.92 Å². The van der Waals surface area contributed by atoms with E-state index in [1.54, 1.807) is 5.57 Å². The first-order valence-corrected chi connectivity index (χ1v) is 5.16. The normalized spacial score (nSPS) is 44.3. The van der Waals surface area contributed by atoms with E-state index in [1.807, 2.05) is 0 Å². The summed E-state index contributed by atoms with van der Waals surface area (Å²) in [5.74, 6) is 0.939. The molecule has 0 radical (unpaired) electrons. The van der Waals surface area contributed by atoms with Crippen LogP contribution in [0.3, 0.4) is 0 Å². The van der Waals surface area contributed by atoms with Crippen LogP contribution in [0.25, 0.3) is 0 Å². The molecule has 0 aromatic rings. The molecule has 0 aliphatic heterocycles. The lowest BCUT2D eigenvalue weighted by Gasteiger charge is -2.23. The van der Waals surface area contributed by atoms with Crippen LogP contribution in [-0.2, 0) is 0 Å². The van der Waals surface area contributed by atoms with Crippen molar-refractivity contribution in [2.45, 2.75) is 47.0 Å². The van der Waals surface area contributed by atoms with E-state index >= 15 is 0 Å². The quantitative estimate of drug-likeness (QED) is 0.478. The van der Waals surface area contributed by atoms with E-state index in [9.17, 15) is 0 Å². The fourth-order valence-corrected chi connectivity index (χ4v) is 3.19. The van der Waals surface area contributed by atoms with Gasteiger partial charge in [-0.3, -0.25) is 0 Å². The van der Waals surface area contributed by atoms with Crippen LogP contribution < -0.4 is 0 Å². The first kappa shape index (κ1) is 8.34. The Kier molecular flexibility index (Phi) is 1.50. The zero-order valence-corrected chi connectivity index (χ0v) is 8.78. The Hall–Kier alpha value is -0.260. The van der Waals surface area contributed by atoms with E-state index < -0.39 is 0 Å². The maximum atomic E-state index is 2.47. The van der Waals surface area contributed by atoms with Gasteiger partial charge in [-0.25, -0.2) is 0 Å². The van der Waals surface area contributed by atoms with Gasteiger partial charge in [0.1, 0.15) is 0 Å². The lowest BCUT2D eigenvalue weighted by Crippen LogP contribution is -2.12. The molecule has 0 nitrogen and oxygen atoms in total. The van der Waals surface area contributed by atoms with E-state index in [2.05, 4.69) is 33.8 Å². The highest BCUT2D eigenvalue weighted by atomic mass is 14.7. The molecule has 0 amide bonds. The third-order valence-electron chi connectivity index (χ3n) is 4.89. The van der Waals surface area contributed by atoms with Crippen molar-refractivity contribution in [2.75, 3.05) is 0 Å². The average Bonchev–Trinajstić information content (AvgIpc) is 2.42. The van der Waals surface area contributed by atoms with Crippen molar-refractivity contribution in [1.82, 2.24) is 0 Å². The molecular formula is C12H20. The van der Waals surface area contributed by atoms with Crippen LogP contribution in [0, 0.1) is 16.7 Å². The molecule has 0 aromatic heterocycles. The zero-order valence-electron chi connectivity index (χ0n) is 8.78. The van der Waals surface area contributed by atoms with Gasteiger partial charge in [0, 0.05) is 0 Å². The second-order valence-electron chi connectivity index (χ2n) is 5.35. The maximum absolute atomic E-state index is 2.47. The van der Waals surface area contributed by atoms with Gasteiger partial charge in [0.25, 0.3) is 0 Å². The van der Waals surface area contributed by atoms with Crippen LogP contribution in [0.4, 0.5) is 0 Å². The maximum Gasteiger partial charge on any atom is -0.0175 e. The van der Waals surface area contributed by atoms with E-state index in [-0.39, 0.29) is 0 Å². The molecule has 2 unspecified atom stereocenters. The number of allylic oxidation sites excluding steroid dienone is 2. The van der Waals surface area contributed by atoms with Crippen molar-refractivity contribution in [3.63, 3.8) is 0 Å². The van der Waals surface area contributed by atoms with Crippen molar-refractivity contribution in [1.29, 1.82) is 0 Å². The Bertz CT molecular complexity index is 234. The second-order valence-corrected chi connectivity index (χ2v) is 5.35. The van der Waals surface area contributed by atoms with Gasteiger partial charge >= 0.3 is 0 Å². The number of rotatable bonds is 0. The fraction of sp³-hybridized carbons (Fsp3) is 0.833. The highest BCUT2D eigenvalue weighted by molar-refractivity contribution is 5.22. The van der Waals surface area contributed by atoms with E-state index in [0.29, 0.717) is 10.8 Å². The summed E-state index contributed by atoms with van der Waals surface area (Å²) >= 11 is 0. The Morgan fingerprint density at radius 3 is 2.33 bits per heavy atom. The molecule has 12 heavy (non-hydrogen) atoms. The Balaban J connectivity index is 2.19. The van der Waals surface area contributed by atoms with Crippen molar-refractivity contribution < 1.29 is 0 Å². The van der Waals surface area contributed by atoms with Crippen LogP contribution in [0.2, 0.25) is 0 Å². The lowest BCUT2D eigenvalue weighted by atomic mass is 9.81. The predicted molar refractivity (Wildman–Crippen MR) is 53.0 cm³/mol. The lowest BCUT2D eigenvalue weighted by molar-refractivity contribution is 0.342. The van der Waals surface area contributed by atoms with Gasteiger partial charge in [-0.1, -0.05) is 32.4 Å². The first-order chi connectivity index (χ1) is 5.51. The molecular weight excluding hydrogens is 144 g/mol. The largest absolute Gasteiger partial charge is 0.0850 e. The van der Waals surface area contributed by atoms with Gasteiger partial charge in [0.2, 0.25) is 0 Å². The molecule has 0 heteroatoms. The van der Waals surface area contributed by atoms with E-state index in [4.69, 9.17) is 0 Å². The molecule has 0 bridgehead atoms. The van der Waals surface area contributed by atoms with E-state index in [1.165, 1.54) is 19.3 Å². The van der Waals surface area contributed by atoms with Crippen molar-refractivity contribution in [3.8, 4) is 0 Å². The van der Waals surface area contributed by atoms with Gasteiger partial charge in [-0.15, -0.1) is 0 Å². The highest BCUT2D eigenvalue weighted by Crippen LogP contribution is 2.73. The van der Waals surface area contributed by atoms with Gasteiger partial charge in [0.15, 0.2) is 0 Å². The molecule has 0 N–H and O–H groups in total. The Labute approximate surface area is 76.1 Å². The van der Waals surface area contributed by atoms with Crippen molar-refractivity contribution in [3.05, 3.63) is 11.6 Å². The zero-order chi connectivity index (χ0) is 8.98. The summed E-state index contributed by atoms with van der Waals surface area (Å²) in [6, 6.07) is 0. The molecule has 1 fully saturated rings. The summed E-state index contributed by atoms with van der Waals surface area (Å²) in [5.41, 5.74) is 2.91. The fourth-order valence-electron chi connectivity index (χ4n) is 3.19. The minimum absolute atomic E-state index is 0.615. The topological polar surface area (TPSA) is 0 Å². The van der Waals surface area contributed by atoms with Gasteiger partial charge < -0.3 is 0 Å². The third kappa shape index (κ3) is 0.787. The molecule has 0 aromatic carbocycles. The molecule has 0 saturated heterocycles. The molecule has 2 atom stereocenters. The summed E-state index contributed by atoms with van der Waals surface area (Å²) in [5, 5.41) is 0. The molecule has 68 valence electrons. The van der Waals surface area contributed by atoms with Crippen molar-refractivity contribution >= 4 is 0 Å². The first-order valence-electron chi connectivity index (χ1n) is 5.16. The molecule has 2 aliphatic carbocycles. The summed E-state index contributed by atoms with van der Waals surface area (Å²) < 4.78 is 0.